The van der Waals surface area contributed by atoms with Crippen molar-refractivity contribution in [2.75, 3.05) is 26.7 Å². The van der Waals surface area contributed by atoms with Gasteiger partial charge < -0.3 is 15.4 Å². The van der Waals surface area contributed by atoms with Crippen LogP contribution in [-0.2, 0) is 0 Å². The Morgan fingerprint density at radius 2 is 2.35 bits per heavy atom. The zero-order valence-electron chi connectivity index (χ0n) is 11.4. The number of carbonyl (C=O) groups is 1. The van der Waals surface area contributed by atoms with Crippen LogP contribution in [0.2, 0.25) is 0 Å². The molecule has 4 nitrogen and oxygen atoms in total. The second kappa shape index (κ2) is 8.49. The highest BCUT2D eigenvalue weighted by Crippen LogP contribution is 2.23. The fraction of sp³-hybridized carbons (Fsp3) is 0.500. The largest absolute Gasteiger partial charge is 0.496 e. The number of rotatable bonds is 5. The lowest BCUT2D eigenvalue weighted by Crippen LogP contribution is -2.26. The number of carbonyl (C=O) groups excluding carboxylic acids is 1. The monoisotopic (exact) mass is 362 g/mol. The van der Waals surface area contributed by atoms with Gasteiger partial charge in [-0.25, -0.2) is 0 Å². The summed E-state index contributed by atoms with van der Waals surface area (Å²) in [6.07, 6.45) is 2.23. The Morgan fingerprint density at radius 3 is 3.00 bits per heavy atom. The van der Waals surface area contributed by atoms with Gasteiger partial charge in [0, 0.05) is 11.0 Å². The normalized spacial score (nSPS) is 17.4. The highest BCUT2D eigenvalue weighted by atomic mass is 79.9. The van der Waals surface area contributed by atoms with Gasteiger partial charge in [0.2, 0.25) is 0 Å². The van der Waals surface area contributed by atoms with Gasteiger partial charge in [-0.3, -0.25) is 4.79 Å². The molecule has 1 aromatic carbocycles. The highest BCUT2D eigenvalue weighted by Gasteiger charge is 2.16. The van der Waals surface area contributed by atoms with E-state index in [1.54, 1.807) is 19.2 Å². The van der Waals surface area contributed by atoms with Gasteiger partial charge in [-0.15, -0.1) is 12.4 Å². The molecular weight excluding hydrogens is 344 g/mol. The predicted octanol–water partition coefficient (Wildman–Crippen LogP) is 2.61. The fourth-order valence-corrected chi connectivity index (χ4v) is 2.64. The molecule has 6 heteroatoms. The van der Waals surface area contributed by atoms with Gasteiger partial charge in [0.25, 0.3) is 5.91 Å². The molecule has 0 aromatic heterocycles. The molecule has 1 heterocycles. The van der Waals surface area contributed by atoms with Gasteiger partial charge in [-0.2, -0.15) is 0 Å². The molecule has 0 spiro atoms. The smallest absolute Gasteiger partial charge is 0.255 e. The minimum Gasteiger partial charge on any atom is -0.496 e. The number of ether oxygens (including phenoxy) is 1. The van der Waals surface area contributed by atoms with Crippen LogP contribution in [0.15, 0.2) is 22.7 Å². The molecule has 2 N–H and O–H groups in total. The molecule has 1 atom stereocenters. The van der Waals surface area contributed by atoms with Crippen molar-refractivity contribution in [1.82, 2.24) is 10.6 Å². The third-order valence-electron chi connectivity index (χ3n) is 3.41. The summed E-state index contributed by atoms with van der Waals surface area (Å²) >= 11 is 3.36. The zero-order chi connectivity index (χ0) is 13.7. The predicted molar refractivity (Wildman–Crippen MR) is 85.9 cm³/mol. The van der Waals surface area contributed by atoms with E-state index in [1.165, 1.54) is 6.42 Å². The molecule has 1 amide bonds. The molecule has 1 saturated heterocycles. The summed E-state index contributed by atoms with van der Waals surface area (Å²) in [5.74, 6) is 1.21. The second-order valence-electron chi connectivity index (χ2n) is 4.75. The lowest BCUT2D eigenvalue weighted by Gasteiger charge is -2.11. The zero-order valence-corrected chi connectivity index (χ0v) is 13.9. The topological polar surface area (TPSA) is 50.4 Å². The van der Waals surface area contributed by atoms with E-state index in [1.807, 2.05) is 6.07 Å². The summed E-state index contributed by atoms with van der Waals surface area (Å²) in [6.45, 7) is 2.88. The molecule has 1 aliphatic heterocycles. The number of hydrogen-bond acceptors (Lipinski definition) is 3. The highest BCUT2D eigenvalue weighted by molar-refractivity contribution is 9.10. The molecule has 0 aliphatic carbocycles. The molecule has 112 valence electrons. The molecule has 1 fully saturated rings. The fourth-order valence-electron chi connectivity index (χ4n) is 2.30. The van der Waals surface area contributed by atoms with Crippen molar-refractivity contribution in [1.29, 1.82) is 0 Å². The first-order chi connectivity index (χ1) is 9.20. The van der Waals surface area contributed by atoms with Crippen molar-refractivity contribution in [3.63, 3.8) is 0 Å². The molecular formula is C14H20BrClN2O2. The van der Waals surface area contributed by atoms with Crippen molar-refractivity contribution >= 4 is 34.2 Å². The molecule has 20 heavy (non-hydrogen) atoms. The van der Waals surface area contributed by atoms with Crippen LogP contribution in [0, 0.1) is 5.92 Å². The maximum absolute atomic E-state index is 12.1. The number of benzene rings is 1. The molecule has 0 bridgehead atoms. The Balaban J connectivity index is 0.00000200. The first-order valence-electron chi connectivity index (χ1n) is 6.53. The van der Waals surface area contributed by atoms with Crippen LogP contribution in [-0.4, -0.2) is 32.7 Å². The maximum atomic E-state index is 12.1. The number of methoxy groups -OCH3 is 1. The standard InChI is InChI=1S/C14H19BrN2O2.ClH/c1-19-13-8-11(15)2-3-12(13)14(18)17-7-5-10-4-6-16-9-10;/h2-3,8,10,16H,4-7,9H2,1H3,(H,17,18);1H. The van der Waals surface area contributed by atoms with E-state index in [0.717, 1.165) is 24.0 Å². The minimum atomic E-state index is -0.0738. The van der Waals surface area contributed by atoms with Crippen molar-refractivity contribution in [2.45, 2.75) is 12.8 Å². The third kappa shape index (κ3) is 4.65. The van der Waals surface area contributed by atoms with Crippen LogP contribution < -0.4 is 15.4 Å². The van der Waals surface area contributed by atoms with Crippen molar-refractivity contribution in [3.05, 3.63) is 28.2 Å². The van der Waals surface area contributed by atoms with Gasteiger partial charge in [0.05, 0.1) is 12.7 Å². The SMILES string of the molecule is COc1cc(Br)ccc1C(=O)NCCC1CCNC1.Cl. The quantitative estimate of drug-likeness (QED) is 0.845. The lowest BCUT2D eigenvalue weighted by molar-refractivity contribution is 0.0948. The average molecular weight is 364 g/mol. The van der Waals surface area contributed by atoms with Crippen LogP contribution in [0.25, 0.3) is 0 Å². The van der Waals surface area contributed by atoms with E-state index < -0.39 is 0 Å². The Bertz CT molecular complexity index is 451. The summed E-state index contributed by atoms with van der Waals surface area (Å²) < 4.78 is 6.13. The second-order valence-corrected chi connectivity index (χ2v) is 5.66. The number of halogens is 2. The van der Waals surface area contributed by atoms with Crippen molar-refractivity contribution in [2.24, 2.45) is 5.92 Å². The summed E-state index contributed by atoms with van der Waals surface area (Å²) in [7, 11) is 1.57. The van der Waals surface area contributed by atoms with Crippen LogP contribution in [0.1, 0.15) is 23.2 Å². The maximum Gasteiger partial charge on any atom is 0.255 e. The molecule has 1 aromatic rings. The van der Waals surface area contributed by atoms with Crippen LogP contribution in [0.3, 0.4) is 0 Å². The molecule has 0 radical (unpaired) electrons. The van der Waals surface area contributed by atoms with E-state index in [9.17, 15) is 4.79 Å². The van der Waals surface area contributed by atoms with Crippen LogP contribution >= 0.6 is 28.3 Å². The molecule has 1 aliphatic rings. The summed E-state index contributed by atoms with van der Waals surface area (Å²) in [5.41, 5.74) is 0.579. The Morgan fingerprint density at radius 1 is 1.55 bits per heavy atom. The van der Waals surface area contributed by atoms with Gasteiger partial charge in [-0.05, 0) is 50.0 Å². The van der Waals surface area contributed by atoms with Crippen molar-refractivity contribution < 1.29 is 9.53 Å². The summed E-state index contributed by atoms with van der Waals surface area (Å²) in [5, 5.41) is 6.29. The molecule has 2 rings (SSSR count). The molecule has 1 unspecified atom stereocenters. The Labute approximate surface area is 134 Å². The number of nitrogens with one attached hydrogen (secondary N) is 2. The Kier molecular flexibility index (Phi) is 7.34. The lowest BCUT2D eigenvalue weighted by atomic mass is 10.1. The first kappa shape index (κ1) is 17.3. The van der Waals surface area contributed by atoms with Crippen LogP contribution in [0.5, 0.6) is 5.75 Å². The van der Waals surface area contributed by atoms with Crippen LogP contribution in [0.4, 0.5) is 0 Å². The van der Waals surface area contributed by atoms with Crippen molar-refractivity contribution in [3.8, 4) is 5.75 Å². The van der Waals surface area contributed by atoms with Gasteiger partial charge >= 0.3 is 0 Å². The van der Waals surface area contributed by atoms with E-state index in [0.29, 0.717) is 23.8 Å². The van der Waals surface area contributed by atoms with Gasteiger partial charge in [0.15, 0.2) is 0 Å². The Hall–Kier alpha value is -0.780. The van der Waals surface area contributed by atoms with E-state index in [4.69, 9.17) is 4.74 Å². The third-order valence-corrected chi connectivity index (χ3v) is 3.90. The van der Waals surface area contributed by atoms with Gasteiger partial charge in [0.1, 0.15) is 5.75 Å². The summed E-state index contributed by atoms with van der Waals surface area (Å²) in [6, 6.07) is 5.42. The first-order valence-corrected chi connectivity index (χ1v) is 7.32. The summed E-state index contributed by atoms with van der Waals surface area (Å²) in [4.78, 5) is 12.1. The van der Waals surface area contributed by atoms with E-state index in [2.05, 4.69) is 26.6 Å². The average Bonchev–Trinajstić information content (AvgIpc) is 2.91. The number of amides is 1. The van der Waals surface area contributed by atoms with E-state index in [-0.39, 0.29) is 18.3 Å². The number of hydrogen-bond donors (Lipinski definition) is 2. The van der Waals surface area contributed by atoms with Gasteiger partial charge in [-0.1, -0.05) is 15.9 Å². The minimum absolute atomic E-state index is 0. The molecule has 0 saturated carbocycles. The van der Waals surface area contributed by atoms with E-state index >= 15 is 0 Å².